The number of nitrogens with one attached hydrogen (secondary N) is 1. The topological polar surface area (TPSA) is 98.1 Å². The molecule has 4 aliphatic heterocycles. The van der Waals surface area contributed by atoms with Gasteiger partial charge >= 0.3 is 6.09 Å². The molecule has 2 amide bonds. The molecule has 5 aliphatic rings. The molecule has 4 saturated heterocycles. The number of hydrogen-bond donors (Lipinski definition) is 1. The van der Waals surface area contributed by atoms with Crippen molar-refractivity contribution in [2.24, 2.45) is 5.92 Å². The first-order valence-electron chi connectivity index (χ1n) is 14.7. The molecule has 5 fully saturated rings. The molecule has 1 aromatic carbocycles. The second-order valence-corrected chi connectivity index (χ2v) is 13.2. The van der Waals surface area contributed by atoms with Gasteiger partial charge in [-0.15, -0.1) is 0 Å². The summed E-state index contributed by atoms with van der Waals surface area (Å²) < 4.78 is 26.4. The summed E-state index contributed by atoms with van der Waals surface area (Å²) in [4.78, 5) is 32.8. The Morgan fingerprint density at radius 3 is 2.42 bits per heavy atom. The van der Waals surface area contributed by atoms with Crippen molar-refractivity contribution in [2.45, 2.75) is 101 Å². The molecule has 1 aliphatic carbocycles. The van der Waals surface area contributed by atoms with Gasteiger partial charge in [0.15, 0.2) is 0 Å². The van der Waals surface area contributed by atoms with Gasteiger partial charge in [-0.05, 0) is 76.5 Å². The number of fused-ring (bicyclic) bond motifs is 4. The summed E-state index contributed by atoms with van der Waals surface area (Å²) in [5.74, 6) is -0.690. The van der Waals surface area contributed by atoms with Crippen LogP contribution in [-0.2, 0) is 20.7 Å². The summed E-state index contributed by atoms with van der Waals surface area (Å²) in [6.07, 6.45) is 4.23. The van der Waals surface area contributed by atoms with Gasteiger partial charge in [0.05, 0.1) is 25.3 Å². The number of rotatable bonds is 6. The van der Waals surface area contributed by atoms with E-state index in [4.69, 9.17) is 9.47 Å². The summed E-state index contributed by atoms with van der Waals surface area (Å²) in [5.41, 5.74) is 0.605. The smallest absolute Gasteiger partial charge is 0.411 e. The average molecular weight is 554 g/mol. The van der Waals surface area contributed by atoms with Crippen LogP contribution in [0.1, 0.15) is 58.4 Å². The third kappa shape index (κ3) is 5.14. The van der Waals surface area contributed by atoms with Crippen LogP contribution in [0.15, 0.2) is 18.2 Å². The predicted octanol–water partition coefficient (Wildman–Crippen LogP) is 3.22. The number of ether oxygens (including phenoxy) is 2. The fourth-order valence-corrected chi connectivity index (χ4v) is 7.46. The molecule has 9 nitrogen and oxygen atoms in total. The van der Waals surface area contributed by atoms with Crippen LogP contribution in [-0.4, -0.2) is 90.0 Å². The largest absolute Gasteiger partial charge is 0.444 e. The van der Waals surface area contributed by atoms with Crippen molar-refractivity contribution < 1.29 is 23.5 Å². The van der Waals surface area contributed by atoms with Crippen molar-refractivity contribution in [2.75, 3.05) is 31.2 Å². The highest BCUT2D eigenvalue weighted by atomic mass is 19.1. The second kappa shape index (κ2) is 10.5. The monoisotopic (exact) mass is 553 g/mol. The number of halogens is 1. The maximum absolute atomic E-state index is 15.4. The molecule has 1 N–H and O–H groups in total. The molecule has 1 saturated carbocycles. The lowest BCUT2D eigenvalue weighted by Gasteiger charge is -2.47. The molecular formula is C30H40FN5O4. The Morgan fingerprint density at radius 1 is 1.12 bits per heavy atom. The maximum Gasteiger partial charge on any atom is 0.411 e. The van der Waals surface area contributed by atoms with Gasteiger partial charge in [-0.3, -0.25) is 14.6 Å². The summed E-state index contributed by atoms with van der Waals surface area (Å²) >= 11 is 0. The van der Waals surface area contributed by atoms with E-state index in [0.29, 0.717) is 23.7 Å². The third-order valence-corrected chi connectivity index (χ3v) is 9.34. The number of nitriles is 1. The van der Waals surface area contributed by atoms with E-state index < -0.39 is 23.8 Å². The zero-order chi connectivity index (χ0) is 28.2. The fourth-order valence-electron chi connectivity index (χ4n) is 7.46. The molecule has 0 radical (unpaired) electrons. The highest BCUT2D eigenvalue weighted by Crippen LogP contribution is 2.43. The molecule has 0 aromatic heterocycles. The zero-order valence-corrected chi connectivity index (χ0v) is 23.6. The lowest BCUT2D eigenvalue weighted by molar-refractivity contribution is -0.128. The zero-order valence-electron chi connectivity index (χ0n) is 23.6. The van der Waals surface area contributed by atoms with E-state index >= 15 is 4.39 Å². The number of hydrogen-bond acceptors (Lipinski definition) is 7. The molecule has 1 aromatic rings. The highest BCUT2D eigenvalue weighted by Gasteiger charge is 2.52. The Morgan fingerprint density at radius 2 is 1.82 bits per heavy atom. The molecule has 40 heavy (non-hydrogen) atoms. The summed E-state index contributed by atoms with van der Waals surface area (Å²) in [6.45, 7) is 8.96. The van der Waals surface area contributed by atoms with Crippen molar-refractivity contribution in [1.82, 2.24) is 15.1 Å². The molecule has 10 heteroatoms. The molecule has 5 unspecified atom stereocenters. The number of nitrogens with zero attached hydrogens (tertiary/aromatic N) is 4. The van der Waals surface area contributed by atoms with Gasteiger partial charge in [0.25, 0.3) is 0 Å². The van der Waals surface area contributed by atoms with E-state index in [1.165, 1.54) is 0 Å². The summed E-state index contributed by atoms with van der Waals surface area (Å²) in [7, 11) is 0. The van der Waals surface area contributed by atoms with E-state index in [1.807, 2.05) is 6.07 Å². The van der Waals surface area contributed by atoms with E-state index in [9.17, 15) is 14.9 Å². The SMILES string of the molecule is CC(C)(C)OC(=O)N1C2CCC(C2)C1C(=O)N[C@H](C#N)Cc1ccc(N2C3CCC2CN(C2COC2)C3)cc1F. The lowest BCUT2D eigenvalue weighted by Crippen LogP contribution is -2.60. The Balaban J connectivity index is 1.10. The first-order chi connectivity index (χ1) is 19.1. The van der Waals surface area contributed by atoms with Crippen LogP contribution in [0.3, 0.4) is 0 Å². The molecule has 0 spiro atoms. The minimum absolute atomic E-state index is 0.0275. The Hall–Kier alpha value is -2.90. The number of carbonyl (C=O) groups excluding carboxylic acids is 2. The number of piperidine rings is 1. The molecule has 6 atom stereocenters. The third-order valence-electron chi connectivity index (χ3n) is 9.34. The first-order valence-corrected chi connectivity index (χ1v) is 14.7. The van der Waals surface area contributed by atoms with Crippen LogP contribution in [0.2, 0.25) is 0 Å². The van der Waals surface area contributed by atoms with E-state index in [0.717, 1.165) is 64.1 Å². The van der Waals surface area contributed by atoms with Crippen LogP contribution < -0.4 is 10.2 Å². The van der Waals surface area contributed by atoms with Crippen LogP contribution in [0.25, 0.3) is 0 Å². The van der Waals surface area contributed by atoms with Crippen molar-refractivity contribution in [3.8, 4) is 6.07 Å². The number of piperazine rings is 1. The molecule has 4 bridgehead atoms. The van der Waals surface area contributed by atoms with Crippen molar-refractivity contribution in [3.63, 3.8) is 0 Å². The first kappa shape index (κ1) is 27.3. The van der Waals surface area contributed by atoms with Crippen LogP contribution in [0, 0.1) is 23.1 Å². The Bertz CT molecular complexity index is 1180. The normalized spacial score (nSPS) is 30.6. The van der Waals surface area contributed by atoms with Crippen LogP contribution in [0.5, 0.6) is 0 Å². The second-order valence-electron chi connectivity index (χ2n) is 13.2. The lowest BCUT2D eigenvalue weighted by atomic mass is 9.97. The number of anilines is 1. The standard InChI is InChI=1S/C30H40FN5O4/c1-30(2,3)40-29(38)36-21-7-5-19(11-21)27(36)28(37)33-20(13-32)10-18-4-6-22(12-26(18)31)35-23-8-9-24(35)15-34(14-23)25-16-39-17-25/h4,6,12,19-21,23-25,27H,5,7-11,14-17H2,1-3H3,(H,33,37)/t19?,20-,21?,23?,24?,27?/m0/s1. The van der Waals surface area contributed by atoms with E-state index in [2.05, 4.69) is 21.2 Å². The number of amides is 2. The molecule has 4 heterocycles. The van der Waals surface area contributed by atoms with Gasteiger partial charge in [0, 0.05) is 43.3 Å². The fraction of sp³-hybridized carbons (Fsp3) is 0.700. The van der Waals surface area contributed by atoms with Gasteiger partial charge in [0.1, 0.15) is 23.5 Å². The number of likely N-dealkylation sites (tertiary alicyclic amines) is 2. The quantitative estimate of drug-likeness (QED) is 0.578. The minimum atomic E-state index is -0.906. The minimum Gasteiger partial charge on any atom is -0.444 e. The van der Waals surface area contributed by atoms with Crippen LogP contribution in [0.4, 0.5) is 14.9 Å². The van der Waals surface area contributed by atoms with Gasteiger partial charge < -0.3 is 19.7 Å². The van der Waals surface area contributed by atoms with Crippen molar-refractivity contribution >= 4 is 17.7 Å². The maximum atomic E-state index is 15.4. The van der Waals surface area contributed by atoms with Gasteiger partial charge in [-0.1, -0.05) is 6.07 Å². The average Bonchev–Trinajstić information content (AvgIpc) is 3.54. The van der Waals surface area contributed by atoms with Crippen LogP contribution >= 0.6 is 0 Å². The number of benzene rings is 1. The Labute approximate surface area is 235 Å². The molecule has 216 valence electrons. The van der Waals surface area contributed by atoms with E-state index in [-0.39, 0.29) is 30.1 Å². The van der Waals surface area contributed by atoms with Crippen molar-refractivity contribution in [1.29, 1.82) is 5.26 Å². The van der Waals surface area contributed by atoms with Gasteiger partial charge in [-0.2, -0.15) is 5.26 Å². The van der Waals surface area contributed by atoms with Crippen molar-refractivity contribution in [3.05, 3.63) is 29.6 Å². The van der Waals surface area contributed by atoms with E-state index in [1.54, 1.807) is 37.8 Å². The number of carbonyl (C=O) groups is 2. The van der Waals surface area contributed by atoms with Gasteiger partial charge in [-0.25, -0.2) is 9.18 Å². The molecular weight excluding hydrogens is 513 g/mol. The molecule has 6 rings (SSSR count). The summed E-state index contributed by atoms with van der Waals surface area (Å²) in [5, 5.41) is 12.6. The summed E-state index contributed by atoms with van der Waals surface area (Å²) in [6, 6.07) is 7.05. The predicted molar refractivity (Wildman–Crippen MR) is 146 cm³/mol. The highest BCUT2D eigenvalue weighted by molar-refractivity contribution is 5.87. The Kier molecular flexibility index (Phi) is 7.16. The van der Waals surface area contributed by atoms with Gasteiger partial charge in [0.2, 0.25) is 5.91 Å².